The monoisotopic (exact) mass is 243 g/mol. The highest BCUT2D eigenvalue weighted by molar-refractivity contribution is 7.08. The smallest absolute Gasteiger partial charge is 0.325 e. The van der Waals surface area contributed by atoms with Gasteiger partial charge in [0.1, 0.15) is 11.4 Å². The Kier molecular flexibility index (Phi) is 4.84. The Morgan fingerprint density at radius 2 is 2.19 bits per heavy atom. The lowest BCUT2D eigenvalue weighted by Gasteiger charge is -2.03. The van der Waals surface area contributed by atoms with Crippen LogP contribution < -0.4 is 5.32 Å². The van der Waals surface area contributed by atoms with E-state index >= 15 is 0 Å². The molecule has 0 unspecified atom stereocenters. The van der Waals surface area contributed by atoms with Crippen LogP contribution in [-0.2, 0) is 16.0 Å². The summed E-state index contributed by atoms with van der Waals surface area (Å²) in [7, 11) is 0. The zero-order valence-electron chi connectivity index (χ0n) is 9.15. The minimum atomic E-state index is -0.452. The third kappa shape index (κ3) is 3.27. The lowest BCUT2D eigenvalue weighted by Crippen LogP contribution is -2.30. The SMILES string of the molecule is CCOC(=O)CNC(=O)c1snnc1CC. The van der Waals surface area contributed by atoms with E-state index in [0.29, 0.717) is 23.6 Å². The Labute approximate surface area is 97.2 Å². The van der Waals surface area contributed by atoms with Gasteiger partial charge in [-0.05, 0) is 24.9 Å². The molecule has 0 saturated carbocycles. The van der Waals surface area contributed by atoms with Crippen LogP contribution in [0.5, 0.6) is 0 Å². The number of nitrogens with one attached hydrogen (secondary N) is 1. The molecule has 0 bridgehead atoms. The first-order valence-corrected chi connectivity index (χ1v) is 5.71. The van der Waals surface area contributed by atoms with Gasteiger partial charge in [-0.3, -0.25) is 9.59 Å². The van der Waals surface area contributed by atoms with Crippen LogP contribution in [0.15, 0.2) is 0 Å². The summed E-state index contributed by atoms with van der Waals surface area (Å²) in [4.78, 5) is 23.1. The number of aromatic nitrogens is 2. The molecule has 0 aliphatic carbocycles. The molecular weight excluding hydrogens is 230 g/mol. The van der Waals surface area contributed by atoms with Gasteiger partial charge < -0.3 is 10.1 Å². The second kappa shape index (κ2) is 6.16. The van der Waals surface area contributed by atoms with Gasteiger partial charge >= 0.3 is 5.97 Å². The highest BCUT2D eigenvalue weighted by Crippen LogP contribution is 2.10. The lowest BCUT2D eigenvalue weighted by molar-refractivity contribution is -0.141. The number of esters is 1. The van der Waals surface area contributed by atoms with Crippen molar-refractivity contribution in [3.63, 3.8) is 0 Å². The molecule has 1 amide bonds. The minimum Gasteiger partial charge on any atom is -0.465 e. The van der Waals surface area contributed by atoms with Crippen LogP contribution in [0, 0.1) is 0 Å². The molecule has 16 heavy (non-hydrogen) atoms. The molecule has 6 nitrogen and oxygen atoms in total. The van der Waals surface area contributed by atoms with Crippen molar-refractivity contribution in [2.24, 2.45) is 0 Å². The molecule has 0 aromatic carbocycles. The van der Waals surface area contributed by atoms with E-state index in [4.69, 9.17) is 0 Å². The second-order valence-electron chi connectivity index (χ2n) is 2.89. The second-order valence-corrected chi connectivity index (χ2v) is 3.64. The van der Waals surface area contributed by atoms with Gasteiger partial charge in [0.25, 0.3) is 5.91 Å². The number of hydrogen-bond donors (Lipinski definition) is 1. The van der Waals surface area contributed by atoms with Crippen LogP contribution in [0.2, 0.25) is 0 Å². The molecular formula is C9H13N3O3S. The maximum atomic E-state index is 11.6. The van der Waals surface area contributed by atoms with Gasteiger partial charge in [-0.25, -0.2) is 0 Å². The maximum absolute atomic E-state index is 11.6. The molecule has 1 rings (SSSR count). The molecule has 1 N–H and O–H groups in total. The number of hydrogen-bond acceptors (Lipinski definition) is 6. The van der Waals surface area contributed by atoms with Gasteiger partial charge in [0, 0.05) is 0 Å². The summed E-state index contributed by atoms with van der Waals surface area (Å²) in [6, 6.07) is 0. The zero-order valence-corrected chi connectivity index (χ0v) is 9.97. The number of amides is 1. The summed E-state index contributed by atoms with van der Waals surface area (Å²) in [6.45, 7) is 3.77. The summed E-state index contributed by atoms with van der Waals surface area (Å²) in [6.07, 6.45) is 0.638. The highest BCUT2D eigenvalue weighted by Gasteiger charge is 2.15. The van der Waals surface area contributed by atoms with E-state index in [1.807, 2.05) is 6.92 Å². The number of ether oxygens (including phenoxy) is 1. The number of carbonyl (C=O) groups is 2. The largest absolute Gasteiger partial charge is 0.465 e. The Morgan fingerprint density at radius 3 is 2.81 bits per heavy atom. The van der Waals surface area contributed by atoms with Crippen LogP contribution in [0.4, 0.5) is 0 Å². The van der Waals surface area contributed by atoms with Gasteiger partial charge in [0.2, 0.25) is 0 Å². The first kappa shape index (κ1) is 12.6. The van der Waals surface area contributed by atoms with Crippen LogP contribution in [-0.4, -0.2) is 34.6 Å². The standard InChI is InChI=1S/C9H13N3O3S/c1-3-6-8(16-12-11-6)9(14)10-5-7(13)15-4-2/h3-5H2,1-2H3,(H,10,14). The summed E-state index contributed by atoms with van der Waals surface area (Å²) in [5.74, 6) is -0.786. The summed E-state index contributed by atoms with van der Waals surface area (Å²) in [5.41, 5.74) is 0.645. The van der Waals surface area contributed by atoms with Crippen molar-refractivity contribution in [1.82, 2.24) is 14.9 Å². The number of nitrogens with zero attached hydrogens (tertiary/aromatic N) is 2. The fraction of sp³-hybridized carbons (Fsp3) is 0.556. The molecule has 0 radical (unpaired) electrons. The van der Waals surface area contributed by atoms with Crippen molar-refractivity contribution in [2.45, 2.75) is 20.3 Å². The van der Waals surface area contributed by atoms with Crippen molar-refractivity contribution in [3.8, 4) is 0 Å². The number of carbonyl (C=O) groups excluding carboxylic acids is 2. The van der Waals surface area contributed by atoms with Crippen molar-refractivity contribution in [1.29, 1.82) is 0 Å². The lowest BCUT2D eigenvalue weighted by atomic mass is 10.3. The van der Waals surface area contributed by atoms with Crippen molar-refractivity contribution in [3.05, 3.63) is 10.6 Å². The number of rotatable bonds is 5. The third-order valence-electron chi connectivity index (χ3n) is 1.80. The average Bonchev–Trinajstić information content (AvgIpc) is 2.74. The molecule has 0 aliphatic heterocycles. The van der Waals surface area contributed by atoms with Crippen LogP contribution >= 0.6 is 11.5 Å². The Hall–Kier alpha value is -1.50. The predicted octanol–water partition coefficient (Wildman–Crippen LogP) is 0.393. The quantitative estimate of drug-likeness (QED) is 0.757. The molecule has 0 spiro atoms. The fourth-order valence-electron chi connectivity index (χ4n) is 1.06. The molecule has 0 aliphatic rings. The van der Waals surface area contributed by atoms with Gasteiger partial charge in [0.15, 0.2) is 0 Å². The first-order chi connectivity index (χ1) is 7.69. The molecule has 0 fully saturated rings. The Morgan fingerprint density at radius 1 is 1.44 bits per heavy atom. The summed E-state index contributed by atoms with van der Waals surface area (Å²) in [5, 5.41) is 6.27. The zero-order chi connectivity index (χ0) is 12.0. The van der Waals surface area contributed by atoms with Gasteiger partial charge in [-0.2, -0.15) is 0 Å². The molecule has 0 atom stereocenters. The minimum absolute atomic E-state index is 0.131. The van der Waals surface area contributed by atoms with Crippen molar-refractivity contribution >= 4 is 23.4 Å². The van der Waals surface area contributed by atoms with Gasteiger partial charge in [-0.15, -0.1) is 5.10 Å². The normalized spacial score (nSPS) is 9.88. The molecule has 1 aromatic rings. The van der Waals surface area contributed by atoms with E-state index in [-0.39, 0.29) is 12.5 Å². The maximum Gasteiger partial charge on any atom is 0.325 e. The van der Waals surface area contributed by atoms with E-state index < -0.39 is 5.97 Å². The topological polar surface area (TPSA) is 81.2 Å². The van der Waals surface area contributed by atoms with Crippen LogP contribution in [0.3, 0.4) is 0 Å². The Balaban J connectivity index is 2.50. The van der Waals surface area contributed by atoms with Crippen molar-refractivity contribution in [2.75, 3.05) is 13.2 Å². The molecule has 88 valence electrons. The molecule has 1 heterocycles. The summed E-state index contributed by atoms with van der Waals surface area (Å²) >= 11 is 1.02. The number of aryl methyl sites for hydroxylation is 1. The van der Waals surface area contributed by atoms with E-state index in [2.05, 4.69) is 19.6 Å². The predicted molar refractivity (Wildman–Crippen MR) is 58.3 cm³/mol. The van der Waals surface area contributed by atoms with E-state index in [1.54, 1.807) is 6.92 Å². The van der Waals surface area contributed by atoms with Gasteiger partial charge in [0.05, 0.1) is 12.3 Å². The average molecular weight is 243 g/mol. The fourth-order valence-corrected chi connectivity index (χ4v) is 1.72. The summed E-state index contributed by atoms with van der Waals surface area (Å²) < 4.78 is 8.38. The third-order valence-corrected chi connectivity index (χ3v) is 2.56. The first-order valence-electron chi connectivity index (χ1n) is 4.94. The van der Waals surface area contributed by atoms with E-state index in [1.165, 1.54) is 0 Å². The van der Waals surface area contributed by atoms with Gasteiger partial charge in [-0.1, -0.05) is 11.4 Å². The molecule has 7 heteroatoms. The molecule has 1 aromatic heterocycles. The van der Waals surface area contributed by atoms with E-state index in [9.17, 15) is 9.59 Å². The highest BCUT2D eigenvalue weighted by atomic mass is 32.1. The van der Waals surface area contributed by atoms with Crippen LogP contribution in [0.25, 0.3) is 0 Å². The van der Waals surface area contributed by atoms with Crippen LogP contribution in [0.1, 0.15) is 29.2 Å². The Bertz CT molecular complexity index is 378. The molecule has 0 saturated heterocycles. The van der Waals surface area contributed by atoms with Crippen molar-refractivity contribution < 1.29 is 14.3 Å². The van der Waals surface area contributed by atoms with E-state index in [0.717, 1.165) is 11.5 Å².